The first kappa shape index (κ1) is 72.8. The van der Waals surface area contributed by atoms with Crippen LogP contribution in [-0.2, 0) is 28.8 Å². The Labute approximate surface area is 399 Å². The highest BCUT2D eigenvalue weighted by atomic mass is 16.2. The number of Topliss-reactive ketones (excluding diaryl/α,β-unsaturated/α-hetero) is 2. The summed E-state index contributed by atoms with van der Waals surface area (Å²) in [5, 5.41) is 5.78. The molecular formula is C54H112N4O6. The van der Waals surface area contributed by atoms with Crippen LogP contribution < -0.4 is 10.6 Å². The van der Waals surface area contributed by atoms with Gasteiger partial charge in [-0.05, 0) is 74.5 Å². The Hall–Kier alpha value is -2.78. The lowest BCUT2D eigenvalue weighted by Gasteiger charge is -2.22. The average Bonchev–Trinajstić information content (AvgIpc) is 3.11. The molecule has 384 valence electrons. The van der Waals surface area contributed by atoms with Crippen LogP contribution in [0.3, 0.4) is 0 Å². The Morgan fingerprint density at radius 3 is 1.11 bits per heavy atom. The van der Waals surface area contributed by atoms with Crippen molar-refractivity contribution in [2.24, 2.45) is 65.1 Å². The summed E-state index contributed by atoms with van der Waals surface area (Å²) in [5.74, 6) is 6.23. The summed E-state index contributed by atoms with van der Waals surface area (Å²) < 4.78 is 0. The summed E-state index contributed by atoms with van der Waals surface area (Å²) in [6.07, 6.45) is 4.74. The van der Waals surface area contributed by atoms with Crippen molar-refractivity contribution in [3.8, 4) is 0 Å². The van der Waals surface area contributed by atoms with Crippen molar-refractivity contribution in [3.05, 3.63) is 0 Å². The molecule has 0 aromatic rings. The van der Waals surface area contributed by atoms with E-state index in [0.717, 1.165) is 45.2 Å². The Morgan fingerprint density at radius 1 is 0.438 bits per heavy atom. The molecule has 2 N–H and O–H groups in total. The van der Waals surface area contributed by atoms with Crippen molar-refractivity contribution < 1.29 is 28.8 Å². The Balaban J connectivity index is -0.000000158. The van der Waals surface area contributed by atoms with Gasteiger partial charge in [-0.3, -0.25) is 28.8 Å². The zero-order chi connectivity index (χ0) is 52.2. The average molecular weight is 914 g/mol. The van der Waals surface area contributed by atoms with Gasteiger partial charge in [-0.2, -0.15) is 0 Å². The highest BCUT2D eigenvalue weighted by molar-refractivity contribution is 5.80. The summed E-state index contributed by atoms with van der Waals surface area (Å²) in [7, 11) is 3.72. The van der Waals surface area contributed by atoms with Crippen molar-refractivity contribution >= 4 is 35.2 Å². The van der Waals surface area contributed by atoms with Crippen LogP contribution in [0.2, 0.25) is 0 Å². The molecule has 64 heavy (non-hydrogen) atoms. The number of hydrogen-bond acceptors (Lipinski definition) is 6. The molecular weight excluding hydrogens is 801 g/mol. The SMILES string of the molecule is CC(C)C(=O)NC(C)C(C)C.CC(C)CC(=O)CC(C)C.CC(C)CC(=O)N(C)C(C)C.CC(C)CCC(=O)CC(C)C.CC(C)CN(C)C(=O)C(C)C.CC(C)CNC(=O)C(C)C. The number of hydrogen-bond donors (Lipinski definition) is 2. The van der Waals surface area contributed by atoms with Gasteiger partial charge < -0.3 is 20.4 Å². The van der Waals surface area contributed by atoms with Gasteiger partial charge in [0.1, 0.15) is 11.6 Å². The number of nitrogens with zero attached hydrogens (tertiary/aromatic N) is 2. The molecule has 10 heteroatoms. The Bertz CT molecular complexity index is 1170. The van der Waals surface area contributed by atoms with Gasteiger partial charge in [-0.1, -0.05) is 152 Å². The van der Waals surface area contributed by atoms with Crippen LogP contribution in [0.25, 0.3) is 0 Å². The number of amides is 4. The third-order valence-electron chi connectivity index (χ3n) is 9.27. The Kier molecular flexibility index (Phi) is 48.7. The summed E-state index contributed by atoms with van der Waals surface area (Å²) in [6, 6.07) is 0.603. The molecule has 0 saturated carbocycles. The van der Waals surface area contributed by atoms with Crippen molar-refractivity contribution in [1.82, 2.24) is 20.4 Å². The molecule has 0 spiro atoms. The van der Waals surface area contributed by atoms with E-state index in [9.17, 15) is 28.8 Å². The van der Waals surface area contributed by atoms with E-state index in [1.165, 1.54) is 0 Å². The van der Waals surface area contributed by atoms with E-state index in [1.807, 2.05) is 76.4 Å². The van der Waals surface area contributed by atoms with Crippen LogP contribution in [0, 0.1) is 65.1 Å². The number of rotatable bonds is 21. The molecule has 0 saturated heterocycles. The van der Waals surface area contributed by atoms with Crippen molar-refractivity contribution in [3.63, 3.8) is 0 Å². The van der Waals surface area contributed by atoms with Gasteiger partial charge in [0.15, 0.2) is 0 Å². The molecule has 0 aliphatic heterocycles. The van der Waals surface area contributed by atoms with Crippen molar-refractivity contribution in [2.45, 2.75) is 224 Å². The first-order valence-corrected chi connectivity index (χ1v) is 25.0. The second-order valence-corrected chi connectivity index (χ2v) is 22.3. The highest BCUT2D eigenvalue weighted by Crippen LogP contribution is 2.10. The second-order valence-electron chi connectivity index (χ2n) is 22.3. The van der Waals surface area contributed by atoms with Crippen molar-refractivity contribution in [1.29, 1.82) is 0 Å². The molecule has 0 aromatic heterocycles. The Morgan fingerprint density at radius 2 is 0.828 bits per heavy atom. The molecule has 10 nitrogen and oxygen atoms in total. The minimum atomic E-state index is 0.0937. The van der Waals surface area contributed by atoms with Crippen molar-refractivity contribution in [2.75, 3.05) is 27.2 Å². The van der Waals surface area contributed by atoms with Gasteiger partial charge in [-0.25, -0.2) is 0 Å². The number of ketones is 2. The molecule has 0 radical (unpaired) electrons. The minimum absolute atomic E-state index is 0.0937. The summed E-state index contributed by atoms with van der Waals surface area (Å²) in [5.41, 5.74) is 0. The van der Waals surface area contributed by atoms with E-state index in [-0.39, 0.29) is 47.4 Å². The van der Waals surface area contributed by atoms with Crippen LogP contribution in [0.1, 0.15) is 212 Å². The van der Waals surface area contributed by atoms with E-state index < -0.39 is 0 Å². The summed E-state index contributed by atoms with van der Waals surface area (Å²) in [6.45, 7) is 52.7. The van der Waals surface area contributed by atoms with E-state index >= 15 is 0 Å². The number of carbonyl (C=O) groups is 6. The fourth-order valence-corrected chi connectivity index (χ4v) is 4.93. The monoisotopic (exact) mass is 913 g/mol. The van der Waals surface area contributed by atoms with E-state index in [2.05, 4.69) is 121 Å². The standard InChI is InChI=1S/C10H20O.3C9H19NO.C9H18O.C8H17NO/c1-8(2)5-6-10(11)7-9(3)4;1-7(2)6-10(5)9(11)8(3)4;1-7(2)6-9(11)10(5)8(3)4;1-6(2)8(5)10-9(11)7(3)4;1-7(2)5-9(10)6-8(3)4;1-6(2)5-9-8(10)7(3)4/h8-9H,5-7H2,1-4H3;2*7-8H,6H2,1-5H3;6-8H,1-5H3,(H,10,11);7-8H,5-6H2,1-4H3;6-7H,5H2,1-4H3,(H,9,10). The first-order chi connectivity index (χ1) is 28.9. The largest absolute Gasteiger partial charge is 0.356 e. The van der Waals surface area contributed by atoms with E-state index in [0.29, 0.717) is 71.4 Å². The van der Waals surface area contributed by atoms with Gasteiger partial charge in [0.05, 0.1) is 0 Å². The predicted octanol–water partition coefficient (Wildman–Crippen LogP) is 12.6. The minimum Gasteiger partial charge on any atom is -0.356 e. The van der Waals surface area contributed by atoms with Gasteiger partial charge in [0, 0.05) is 89.1 Å². The normalized spacial score (nSPS) is 11.4. The molecule has 0 aromatic carbocycles. The van der Waals surface area contributed by atoms with Gasteiger partial charge in [-0.15, -0.1) is 0 Å². The number of carbonyl (C=O) groups excluding carboxylic acids is 6. The maximum absolute atomic E-state index is 11.3. The van der Waals surface area contributed by atoms with Gasteiger partial charge in [0.25, 0.3) is 0 Å². The van der Waals surface area contributed by atoms with E-state index in [4.69, 9.17) is 0 Å². The molecule has 0 heterocycles. The fourth-order valence-electron chi connectivity index (χ4n) is 4.93. The quantitative estimate of drug-likeness (QED) is 0.118. The molecule has 1 unspecified atom stereocenters. The van der Waals surface area contributed by atoms with Crippen LogP contribution in [0.4, 0.5) is 0 Å². The zero-order valence-electron chi connectivity index (χ0n) is 47.5. The molecule has 0 fully saturated rings. The molecule has 1 atom stereocenters. The lowest BCUT2D eigenvalue weighted by atomic mass is 10.00. The maximum atomic E-state index is 11.3. The third-order valence-corrected chi connectivity index (χ3v) is 9.27. The van der Waals surface area contributed by atoms with Crippen LogP contribution in [-0.4, -0.2) is 84.3 Å². The van der Waals surface area contributed by atoms with E-state index in [1.54, 1.807) is 9.80 Å². The van der Waals surface area contributed by atoms with Crippen LogP contribution >= 0.6 is 0 Å². The molecule has 0 rings (SSSR count). The third kappa shape index (κ3) is 57.2. The zero-order valence-corrected chi connectivity index (χ0v) is 47.5. The second kappa shape index (κ2) is 42.8. The van der Waals surface area contributed by atoms with Gasteiger partial charge >= 0.3 is 0 Å². The highest BCUT2D eigenvalue weighted by Gasteiger charge is 2.15. The van der Waals surface area contributed by atoms with Gasteiger partial charge in [0.2, 0.25) is 23.6 Å². The molecule has 0 aliphatic carbocycles. The van der Waals surface area contributed by atoms with Crippen LogP contribution in [0.15, 0.2) is 0 Å². The lowest BCUT2D eigenvalue weighted by Crippen LogP contribution is -2.38. The molecule has 0 aliphatic rings. The van der Waals surface area contributed by atoms with Crippen LogP contribution in [0.5, 0.6) is 0 Å². The number of nitrogens with one attached hydrogen (secondary N) is 2. The topological polar surface area (TPSA) is 133 Å². The fraction of sp³-hybridized carbons (Fsp3) is 0.889. The summed E-state index contributed by atoms with van der Waals surface area (Å²) in [4.78, 5) is 70.5. The maximum Gasteiger partial charge on any atom is 0.224 e. The smallest absolute Gasteiger partial charge is 0.224 e. The predicted molar refractivity (Wildman–Crippen MR) is 277 cm³/mol. The lowest BCUT2D eigenvalue weighted by molar-refractivity contribution is -0.133. The first-order valence-electron chi connectivity index (χ1n) is 25.0. The molecule has 4 amide bonds. The molecule has 0 bridgehead atoms. The summed E-state index contributed by atoms with van der Waals surface area (Å²) >= 11 is 0.